The Morgan fingerprint density at radius 2 is 1.55 bits per heavy atom. The molecule has 0 fully saturated rings. The molecule has 0 aromatic heterocycles. The van der Waals surface area contributed by atoms with Crippen LogP contribution in [0.2, 0.25) is 0 Å². The van der Waals surface area contributed by atoms with Crippen molar-refractivity contribution in [3.63, 3.8) is 0 Å². The van der Waals surface area contributed by atoms with Crippen LogP contribution in [0, 0.1) is 5.41 Å². The van der Waals surface area contributed by atoms with Crippen LogP contribution < -0.4 is 11.1 Å². The van der Waals surface area contributed by atoms with Gasteiger partial charge in [0.25, 0.3) is 5.91 Å². The number of nitrogen functional groups attached to an aromatic ring is 1. The van der Waals surface area contributed by atoms with Crippen molar-refractivity contribution in [2.24, 2.45) is 5.73 Å². The molecule has 4 N–H and O–H groups in total. The van der Waals surface area contributed by atoms with Gasteiger partial charge in [0, 0.05) is 22.1 Å². The molecule has 2 bridgehead atoms. The average molecular weight is 448 g/mol. The topological polar surface area (TPSA) is 88.2 Å². The molecule has 2 atom stereocenters. The molecule has 2 heterocycles. The molecule has 0 saturated carbocycles. The van der Waals surface area contributed by atoms with Gasteiger partial charge in [0.05, 0.1) is 0 Å². The first kappa shape index (κ1) is 18.1. The first-order valence-electron chi connectivity index (χ1n) is 9.31. The maximum atomic E-state index is 12.7. The van der Waals surface area contributed by atoms with Gasteiger partial charge in [-0.25, -0.2) is 0 Å². The van der Waals surface area contributed by atoms with E-state index in [1.165, 1.54) is 11.1 Å². The number of hydrogen-bond acceptors (Lipinski definition) is 3. The lowest BCUT2D eigenvalue weighted by atomic mass is 9.85. The van der Waals surface area contributed by atoms with E-state index in [9.17, 15) is 4.79 Å². The molecule has 6 heteroatoms. The molecular weight excluding hydrogens is 430 g/mol. The third kappa shape index (κ3) is 3.05. The average Bonchev–Trinajstić information content (AvgIpc) is 3.28. The van der Waals surface area contributed by atoms with E-state index in [4.69, 9.17) is 15.9 Å². The molecule has 29 heavy (non-hydrogen) atoms. The molecule has 3 aromatic rings. The molecule has 0 radical (unpaired) electrons. The van der Waals surface area contributed by atoms with Gasteiger partial charge in [0.2, 0.25) is 0 Å². The summed E-state index contributed by atoms with van der Waals surface area (Å²) in [5, 5.41) is 10.4. The van der Waals surface area contributed by atoms with E-state index >= 15 is 0 Å². The molecule has 2 aliphatic rings. The van der Waals surface area contributed by atoms with Gasteiger partial charge in [-0.15, -0.1) is 0 Å². The van der Waals surface area contributed by atoms with E-state index in [1.807, 2.05) is 36.4 Å². The molecule has 5 rings (SSSR count). The van der Waals surface area contributed by atoms with E-state index in [-0.39, 0.29) is 24.0 Å². The molecule has 0 saturated heterocycles. The number of fused-ring (bicyclic) bond motifs is 8. The van der Waals surface area contributed by atoms with Crippen LogP contribution in [0.3, 0.4) is 0 Å². The summed E-state index contributed by atoms with van der Waals surface area (Å²) in [5.41, 5.74) is 12.3. The standard InChI is InChI=1S/C23H18BrN3O2/c24-15-6-8-17-19(10-15)21-18-9-14(5-7-16(18)20(17)29-21)23(28)27-11-12-1-3-13(4-2-12)22(25)26/h1-10,20-21H,11H2,(H3,25,26)(H,27,28)/t20-,21+/m1/s1. The maximum Gasteiger partial charge on any atom is 0.251 e. The molecule has 0 aliphatic carbocycles. The maximum absolute atomic E-state index is 12.7. The Kier molecular flexibility index (Phi) is 4.26. The van der Waals surface area contributed by atoms with Gasteiger partial charge in [-0.05, 0) is 52.1 Å². The molecule has 5 nitrogen and oxygen atoms in total. The van der Waals surface area contributed by atoms with Crippen molar-refractivity contribution in [3.8, 4) is 0 Å². The minimum absolute atomic E-state index is 0.0313. The lowest BCUT2D eigenvalue weighted by molar-refractivity contribution is 0.0857. The van der Waals surface area contributed by atoms with Gasteiger partial charge >= 0.3 is 0 Å². The normalized spacial score (nSPS) is 18.2. The fourth-order valence-corrected chi connectivity index (χ4v) is 4.42. The second-order valence-electron chi connectivity index (χ2n) is 7.31. The van der Waals surface area contributed by atoms with Gasteiger partial charge in [-0.3, -0.25) is 10.2 Å². The molecule has 144 valence electrons. The summed E-state index contributed by atoms with van der Waals surface area (Å²) in [6.07, 6.45) is -0.163. The van der Waals surface area contributed by atoms with Gasteiger partial charge in [-0.1, -0.05) is 52.3 Å². The monoisotopic (exact) mass is 447 g/mol. The van der Waals surface area contributed by atoms with E-state index < -0.39 is 0 Å². The molecule has 0 spiro atoms. The number of nitrogens with one attached hydrogen (secondary N) is 2. The number of rotatable bonds is 4. The Balaban J connectivity index is 1.33. The Morgan fingerprint density at radius 3 is 2.28 bits per heavy atom. The Morgan fingerprint density at radius 1 is 0.931 bits per heavy atom. The highest BCUT2D eigenvalue weighted by molar-refractivity contribution is 9.10. The fraction of sp³-hybridized carbons (Fsp3) is 0.130. The zero-order valence-electron chi connectivity index (χ0n) is 15.4. The third-order valence-electron chi connectivity index (χ3n) is 5.52. The van der Waals surface area contributed by atoms with E-state index in [2.05, 4.69) is 33.4 Å². The van der Waals surface area contributed by atoms with Crippen molar-refractivity contribution in [1.82, 2.24) is 5.32 Å². The summed E-state index contributed by atoms with van der Waals surface area (Å²) < 4.78 is 7.21. The van der Waals surface area contributed by atoms with Crippen molar-refractivity contribution in [2.45, 2.75) is 18.8 Å². The number of amidine groups is 1. The SMILES string of the molecule is N=C(N)c1ccc(CNC(=O)c2ccc3c(c2)[C@@H]2O[C@H]3c3ccc(Br)cc32)cc1. The zero-order valence-corrected chi connectivity index (χ0v) is 17.0. The molecule has 3 aromatic carbocycles. The Hall–Kier alpha value is -2.96. The Bertz CT molecular complexity index is 1160. The summed E-state index contributed by atoms with van der Waals surface area (Å²) in [4.78, 5) is 12.7. The van der Waals surface area contributed by atoms with Crippen LogP contribution in [0.1, 0.15) is 55.9 Å². The van der Waals surface area contributed by atoms with Crippen LogP contribution in [-0.2, 0) is 11.3 Å². The van der Waals surface area contributed by atoms with E-state index in [0.717, 1.165) is 21.2 Å². The van der Waals surface area contributed by atoms with Crippen molar-refractivity contribution in [2.75, 3.05) is 0 Å². The number of halogens is 1. The van der Waals surface area contributed by atoms with Crippen molar-refractivity contribution >= 4 is 27.7 Å². The van der Waals surface area contributed by atoms with E-state index in [0.29, 0.717) is 17.7 Å². The van der Waals surface area contributed by atoms with Crippen molar-refractivity contribution in [3.05, 3.63) is 104 Å². The van der Waals surface area contributed by atoms with Gasteiger partial charge in [-0.2, -0.15) is 0 Å². The van der Waals surface area contributed by atoms with Crippen LogP contribution in [0.4, 0.5) is 0 Å². The molecule has 2 aliphatic heterocycles. The lowest BCUT2D eigenvalue weighted by Gasteiger charge is -2.17. The lowest BCUT2D eigenvalue weighted by Crippen LogP contribution is -2.23. The molecule has 1 amide bonds. The Labute approximate surface area is 176 Å². The molecule has 0 unspecified atom stereocenters. The predicted octanol–water partition coefficient (Wildman–Crippen LogP) is 4.19. The largest absolute Gasteiger partial charge is 0.384 e. The number of amides is 1. The summed E-state index contributed by atoms with van der Waals surface area (Å²) in [7, 11) is 0. The van der Waals surface area contributed by atoms with Crippen LogP contribution in [-0.4, -0.2) is 11.7 Å². The zero-order chi connectivity index (χ0) is 20.1. The fourth-order valence-electron chi connectivity index (χ4n) is 4.04. The van der Waals surface area contributed by atoms with Crippen molar-refractivity contribution < 1.29 is 9.53 Å². The predicted molar refractivity (Wildman–Crippen MR) is 114 cm³/mol. The van der Waals surface area contributed by atoms with Gasteiger partial charge in [0.15, 0.2) is 0 Å². The number of nitrogens with two attached hydrogens (primary N) is 1. The number of hydrogen-bond donors (Lipinski definition) is 3. The highest BCUT2D eigenvalue weighted by Gasteiger charge is 2.42. The van der Waals surface area contributed by atoms with Gasteiger partial charge < -0.3 is 15.8 Å². The van der Waals surface area contributed by atoms with Crippen LogP contribution in [0.15, 0.2) is 65.1 Å². The highest BCUT2D eigenvalue weighted by atomic mass is 79.9. The quantitative estimate of drug-likeness (QED) is 0.413. The van der Waals surface area contributed by atoms with Crippen LogP contribution in [0.5, 0.6) is 0 Å². The summed E-state index contributed by atoms with van der Waals surface area (Å²) in [6.45, 7) is 0.409. The second kappa shape index (κ2) is 6.83. The summed E-state index contributed by atoms with van der Waals surface area (Å²) in [5.74, 6) is -0.0930. The number of benzene rings is 3. The van der Waals surface area contributed by atoms with Crippen molar-refractivity contribution in [1.29, 1.82) is 5.41 Å². The first-order chi connectivity index (χ1) is 14.0. The first-order valence-corrected chi connectivity index (χ1v) is 10.1. The van der Waals surface area contributed by atoms with Crippen LogP contribution >= 0.6 is 15.9 Å². The highest BCUT2D eigenvalue weighted by Crippen LogP contribution is 2.54. The smallest absolute Gasteiger partial charge is 0.251 e. The summed E-state index contributed by atoms with van der Waals surface area (Å²) >= 11 is 3.53. The number of ether oxygens (including phenoxy) is 1. The third-order valence-corrected chi connectivity index (χ3v) is 6.01. The minimum Gasteiger partial charge on any atom is -0.384 e. The number of carbonyl (C=O) groups excluding carboxylic acids is 1. The van der Waals surface area contributed by atoms with Gasteiger partial charge in [0.1, 0.15) is 18.0 Å². The second-order valence-corrected chi connectivity index (χ2v) is 8.22. The van der Waals surface area contributed by atoms with Crippen LogP contribution in [0.25, 0.3) is 0 Å². The van der Waals surface area contributed by atoms with E-state index in [1.54, 1.807) is 12.1 Å². The number of carbonyl (C=O) groups is 1. The summed E-state index contributed by atoms with van der Waals surface area (Å²) in [6, 6.07) is 19.3. The molecular formula is C23H18BrN3O2. The minimum atomic E-state index is -0.124.